The molecule has 0 radical (unpaired) electrons. The molecule has 0 spiro atoms. The summed E-state index contributed by atoms with van der Waals surface area (Å²) >= 11 is 0. The van der Waals surface area contributed by atoms with Gasteiger partial charge in [0.2, 0.25) is 0 Å². The molecule has 48 valence electrons. The summed E-state index contributed by atoms with van der Waals surface area (Å²) in [6.45, 7) is 0. The topological polar surface area (TPSA) is 75.7 Å². The van der Waals surface area contributed by atoms with Gasteiger partial charge in [-0.2, -0.15) is 0 Å². The summed E-state index contributed by atoms with van der Waals surface area (Å²) < 4.78 is 4.46. The van der Waals surface area contributed by atoms with Crippen molar-refractivity contribution in [1.29, 1.82) is 0 Å². The molecular weight excluding hydrogens is 110 g/mol. The molecule has 0 saturated carbocycles. The van der Waals surface area contributed by atoms with Crippen LogP contribution in [0.25, 0.3) is 0 Å². The molecule has 1 saturated heterocycles. The summed E-state index contributed by atoms with van der Waals surface area (Å²) in [6, 6.07) is -0.426. The minimum atomic E-state index is -0.981. The zero-order valence-corrected chi connectivity index (χ0v) is 4.32. The second kappa shape index (κ2) is 1.99. The lowest BCUT2D eigenvalue weighted by molar-refractivity contribution is -0.162. The Hall–Kier alpha value is -0.160. The van der Waals surface area contributed by atoms with Crippen LogP contribution in [-0.2, 0) is 4.74 Å². The van der Waals surface area contributed by atoms with E-state index in [1.54, 1.807) is 0 Å². The third kappa shape index (κ3) is 0.976. The van der Waals surface area contributed by atoms with Crippen molar-refractivity contribution in [2.24, 2.45) is 5.73 Å². The first-order valence-corrected chi connectivity index (χ1v) is 2.47. The third-order valence-electron chi connectivity index (χ3n) is 1.14. The highest BCUT2D eigenvalue weighted by atomic mass is 16.7. The highest BCUT2D eigenvalue weighted by Gasteiger charge is 2.29. The fourth-order valence-corrected chi connectivity index (χ4v) is 0.667. The van der Waals surface area contributed by atoms with Gasteiger partial charge in [-0.15, -0.1) is 0 Å². The highest BCUT2D eigenvalue weighted by molar-refractivity contribution is 4.72. The maximum absolute atomic E-state index is 8.66. The molecule has 0 amide bonds. The average molecular weight is 119 g/mol. The van der Waals surface area contributed by atoms with Crippen LogP contribution in [0.4, 0.5) is 0 Å². The van der Waals surface area contributed by atoms with Crippen molar-refractivity contribution in [3.63, 3.8) is 0 Å². The van der Waals surface area contributed by atoms with Crippen LogP contribution in [0, 0.1) is 0 Å². The molecule has 1 rings (SSSR count). The Morgan fingerprint density at radius 2 is 2.12 bits per heavy atom. The van der Waals surface area contributed by atoms with E-state index in [-0.39, 0.29) is 0 Å². The second-order valence-corrected chi connectivity index (χ2v) is 1.88. The largest absolute Gasteiger partial charge is 0.368 e. The molecule has 0 bridgehead atoms. The van der Waals surface area contributed by atoms with Gasteiger partial charge in [-0.3, -0.25) is 0 Å². The number of hydrogen-bond donors (Lipinski definition) is 3. The molecule has 0 aromatic heterocycles. The van der Waals surface area contributed by atoms with Gasteiger partial charge in [0.15, 0.2) is 12.6 Å². The van der Waals surface area contributed by atoms with E-state index < -0.39 is 18.6 Å². The van der Waals surface area contributed by atoms with Gasteiger partial charge in [-0.1, -0.05) is 0 Å². The summed E-state index contributed by atoms with van der Waals surface area (Å²) in [5.74, 6) is 0. The molecule has 1 aliphatic heterocycles. The maximum Gasteiger partial charge on any atom is 0.173 e. The normalized spacial score (nSPS) is 47.6. The lowest BCUT2D eigenvalue weighted by Crippen LogP contribution is -2.29. The van der Waals surface area contributed by atoms with Gasteiger partial charge in [-0.05, 0) is 0 Å². The molecule has 0 aromatic rings. The van der Waals surface area contributed by atoms with Crippen molar-refractivity contribution in [3.8, 4) is 0 Å². The predicted molar refractivity (Wildman–Crippen MR) is 25.7 cm³/mol. The van der Waals surface area contributed by atoms with Crippen molar-refractivity contribution >= 4 is 0 Å². The molecule has 3 atom stereocenters. The smallest absolute Gasteiger partial charge is 0.173 e. The van der Waals surface area contributed by atoms with Gasteiger partial charge in [-0.25, -0.2) is 0 Å². The zero-order chi connectivity index (χ0) is 6.15. The van der Waals surface area contributed by atoms with Crippen molar-refractivity contribution in [1.82, 2.24) is 0 Å². The van der Waals surface area contributed by atoms with E-state index in [2.05, 4.69) is 4.74 Å². The monoisotopic (exact) mass is 119 g/mol. The van der Waals surface area contributed by atoms with Gasteiger partial charge in [0.05, 0.1) is 6.04 Å². The van der Waals surface area contributed by atoms with Gasteiger partial charge >= 0.3 is 0 Å². The lowest BCUT2D eigenvalue weighted by atomic mass is 10.2. The average Bonchev–Trinajstić information content (AvgIpc) is 1.85. The first kappa shape index (κ1) is 5.97. The third-order valence-corrected chi connectivity index (χ3v) is 1.14. The Kier molecular flexibility index (Phi) is 1.48. The number of hydrogen-bond acceptors (Lipinski definition) is 4. The van der Waals surface area contributed by atoms with Crippen molar-refractivity contribution < 1.29 is 14.9 Å². The number of rotatable bonds is 0. The molecule has 4 nitrogen and oxygen atoms in total. The fourth-order valence-electron chi connectivity index (χ4n) is 0.667. The van der Waals surface area contributed by atoms with Gasteiger partial charge in [0, 0.05) is 6.42 Å². The molecule has 8 heavy (non-hydrogen) atoms. The summed E-state index contributed by atoms with van der Waals surface area (Å²) in [5.41, 5.74) is 5.23. The first-order valence-electron chi connectivity index (χ1n) is 2.47. The van der Waals surface area contributed by atoms with E-state index in [0.29, 0.717) is 6.42 Å². The molecule has 0 aliphatic carbocycles. The second-order valence-electron chi connectivity index (χ2n) is 1.88. The fraction of sp³-hybridized carbons (Fsp3) is 1.00. The van der Waals surface area contributed by atoms with Crippen molar-refractivity contribution in [2.75, 3.05) is 0 Å². The molecule has 0 aromatic carbocycles. The Morgan fingerprint density at radius 3 is 2.25 bits per heavy atom. The minimum absolute atomic E-state index is 0.321. The van der Waals surface area contributed by atoms with Crippen molar-refractivity contribution in [3.05, 3.63) is 0 Å². The standard InChI is InChI=1S/C4H9NO3/c5-2-1-3(6)8-4(2)7/h2-4,6-7H,1,5H2. The van der Waals surface area contributed by atoms with Crippen LogP contribution in [0.5, 0.6) is 0 Å². The van der Waals surface area contributed by atoms with E-state index in [4.69, 9.17) is 15.9 Å². The highest BCUT2D eigenvalue weighted by Crippen LogP contribution is 2.13. The Balaban J connectivity index is 2.39. The van der Waals surface area contributed by atoms with Gasteiger partial charge in [0.1, 0.15) is 0 Å². The number of nitrogens with two attached hydrogens (primary N) is 1. The summed E-state index contributed by atoms with van der Waals surface area (Å²) in [6.07, 6.45) is -1.54. The van der Waals surface area contributed by atoms with Crippen LogP contribution >= 0.6 is 0 Å². The van der Waals surface area contributed by atoms with Gasteiger partial charge in [0.25, 0.3) is 0 Å². The number of aliphatic hydroxyl groups is 2. The van der Waals surface area contributed by atoms with Gasteiger partial charge < -0.3 is 20.7 Å². The lowest BCUT2D eigenvalue weighted by Gasteiger charge is -2.03. The molecule has 4 heteroatoms. The molecule has 1 fully saturated rings. The molecule has 1 aliphatic rings. The molecule has 4 N–H and O–H groups in total. The van der Waals surface area contributed by atoms with Crippen LogP contribution in [0.3, 0.4) is 0 Å². The zero-order valence-electron chi connectivity index (χ0n) is 4.32. The summed E-state index contributed by atoms with van der Waals surface area (Å²) in [7, 11) is 0. The quantitative estimate of drug-likeness (QED) is 0.358. The summed E-state index contributed by atoms with van der Waals surface area (Å²) in [4.78, 5) is 0. The Morgan fingerprint density at radius 1 is 1.50 bits per heavy atom. The minimum Gasteiger partial charge on any atom is -0.368 e. The van der Waals surface area contributed by atoms with Crippen molar-refractivity contribution in [2.45, 2.75) is 25.0 Å². The number of aliphatic hydroxyl groups excluding tert-OH is 2. The Bertz CT molecular complexity index is 77.4. The molecular formula is C4H9NO3. The van der Waals surface area contributed by atoms with Crippen LogP contribution in [0.1, 0.15) is 6.42 Å². The number of ether oxygens (including phenoxy) is 1. The van der Waals surface area contributed by atoms with E-state index in [1.165, 1.54) is 0 Å². The first-order chi connectivity index (χ1) is 3.70. The van der Waals surface area contributed by atoms with Crippen LogP contribution in [0.2, 0.25) is 0 Å². The Labute approximate surface area is 46.9 Å². The molecule has 3 unspecified atom stereocenters. The molecule has 1 heterocycles. The van der Waals surface area contributed by atoms with E-state index in [1.807, 2.05) is 0 Å². The SMILES string of the molecule is NC1CC(O)OC1O. The van der Waals surface area contributed by atoms with E-state index in [9.17, 15) is 0 Å². The van der Waals surface area contributed by atoms with E-state index >= 15 is 0 Å². The van der Waals surface area contributed by atoms with Crippen LogP contribution < -0.4 is 5.73 Å². The predicted octanol–water partition coefficient (Wildman–Crippen LogP) is -1.63. The van der Waals surface area contributed by atoms with Crippen LogP contribution in [-0.4, -0.2) is 28.8 Å². The van der Waals surface area contributed by atoms with E-state index in [0.717, 1.165) is 0 Å². The summed E-state index contributed by atoms with van der Waals surface area (Å²) in [5, 5.41) is 17.3. The maximum atomic E-state index is 8.66. The van der Waals surface area contributed by atoms with Crippen LogP contribution in [0.15, 0.2) is 0 Å².